The molecular weight excluding hydrogens is 202 g/mol. The van der Waals surface area contributed by atoms with Crippen LogP contribution < -0.4 is 10.2 Å². The molecule has 1 amide bonds. The summed E-state index contributed by atoms with van der Waals surface area (Å²) in [5.41, 5.74) is 1.79. The largest absolute Gasteiger partial charge is 0.346 e. The Morgan fingerprint density at radius 3 is 3.12 bits per heavy atom. The van der Waals surface area contributed by atoms with E-state index in [1.807, 2.05) is 18.2 Å². The summed E-state index contributed by atoms with van der Waals surface area (Å²) in [5.74, 6) is 0.109. The predicted octanol–water partition coefficient (Wildman–Crippen LogP) is -0.927. The van der Waals surface area contributed by atoms with Crippen LogP contribution >= 0.6 is 0 Å². The molecule has 1 heterocycles. The minimum atomic E-state index is 0.109. The number of nitrogens with zero attached hydrogens (tertiary/aromatic N) is 1. The minimum absolute atomic E-state index is 0.109. The zero-order chi connectivity index (χ0) is 11.4. The Kier molecular flexibility index (Phi) is 3.18. The van der Waals surface area contributed by atoms with E-state index in [1.54, 1.807) is 6.07 Å². The van der Waals surface area contributed by atoms with Crippen LogP contribution in [0.4, 0.5) is 0 Å². The molecule has 1 aromatic carbocycles. The number of nitriles is 1. The second-order valence-electron chi connectivity index (χ2n) is 4.02. The lowest BCUT2D eigenvalue weighted by molar-refractivity contribution is -0.907. The zero-order valence-electron chi connectivity index (χ0n) is 8.99. The molecule has 1 unspecified atom stereocenters. The first kappa shape index (κ1) is 10.7. The summed E-state index contributed by atoms with van der Waals surface area (Å²) in [6, 6.07) is 9.69. The van der Waals surface area contributed by atoms with Gasteiger partial charge in [-0.2, -0.15) is 5.26 Å². The highest BCUT2D eigenvalue weighted by Crippen LogP contribution is 2.02. The fourth-order valence-electron chi connectivity index (χ4n) is 1.95. The first-order valence-electron chi connectivity index (χ1n) is 5.37. The Morgan fingerprint density at radius 2 is 2.38 bits per heavy atom. The van der Waals surface area contributed by atoms with Gasteiger partial charge in [0, 0.05) is 5.56 Å². The minimum Gasteiger partial charge on any atom is -0.346 e. The number of piperazine rings is 1. The quantitative estimate of drug-likeness (QED) is 0.671. The molecule has 0 aromatic heterocycles. The number of carbonyl (C=O) groups is 1. The lowest BCUT2D eigenvalue weighted by Crippen LogP contribution is -3.14. The van der Waals surface area contributed by atoms with Crippen molar-refractivity contribution in [2.75, 3.05) is 19.6 Å². The van der Waals surface area contributed by atoms with E-state index in [0.29, 0.717) is 12.1 Å². The molecule has 0 spiro atoms. The first-order chi connectivity index (χ1) is 7.78. The van der Waals surface area contributed by atoms with Gasteiger partial charge in [-0.3, -0.25) is 4.79 Å². The van der Waals surface area contributed by atoms with Crippen LogP contribution in [0.5, 0.6) is 0 Å². The van der Waals surface area contributed by atoms with Crippen molar-refractivity contribution < 1.29 is 9.69 Å². The van der Waals surface area contributed by atoms with E-state index < -0.39 is 0 Å². The Balaban J connectivity index is 2.03. The second-order valence-corrected chi connectivity index (χ2v) is 4.02. The van der Waals surface area contributed by atoms with Crippen LogP contribution in [0.2, 0.25) is 0 Å². The molecule has 4 nitrogen and oxygen atoms in total. The lowest BCUT2D eigenvalue weighted by Gasteiger charge is -2.23. The van der Waals surface area contributed by atoms with Crippen molar-refractivity contribution in [1.29, 1.82) is 5.26 Å². The average Bonchev–Trinajstić information content (AvgIpc) is 2.29. The lowest BCUT2D eigenvalue weighted by atomic mass is 10.1. The maximum absolute atomic E-state index is 11.2. The van der Waals surface area contributed by atoms with Crippen molar-refractivity contribution in [3.63, 3.8) is 0 Å². The molecular formula is C12H14N3O+. The molecule has 82 valence electrons. The predicted molar refractivity (Wildman–Crippen MR) is 58.6 cm³/mol. The molecule has 1 saturated heterocycles. The van der Waals surface area contributed by atoms with Crippen LogP contribution in [0, 0.1) is 11.3 Å². The molecule has 2 N–H and O–H groups in total. The molecule has 0 radical (unpaired) electrons. The molecule has 0 bridgehead atoms. The van der Waals surface area contributed by atoms with Gasteiger partial charge >= 0.3 is 0 Å². The Labute approximate surface area is 94.5 Å². The highest BCUT2D eigenvalue weighted by atomic mass is 16.2. The second kappa shape index (κ2) is 4.77. The van der Waals surface area contributed by atoms with Gasteiger partial charge in [-0.15, -0.1) is 0 Å². The van der Waals surface area contributed by atoms with Gasteiger partial charge in [-0.25, -0.2) is 0 Å². The smallest absolute Gasteiger partial charge is 0.275 e. The third-order valence-electron chi connectivity index (χ3n) is 2.72. The summed E-state index contributed by atoms with van der Waals surface area (Å²) in [6.45, 7) is 3.02. The molecule has 1 atom stereocenters. The molecule has 2 rings (SSSR count). The number of amides is 1. The molecule has 4 heteroatoms. The number of hydrogen-bond donors (Lipinski definition) is 2. The normalized spacial score (nSPS) is 19.9. The monoisotopic (exact) mass is 216 g/mol. The summed E-state index contributed by atoms with van der Waals surface area (Å²) in [4.78, 5) is 12.5. The van der Waals surface area contributed by atoms with Gasteiger partial charge < -0.3 is 10.2 Å². The van der Waals surface area contributed by atoms with Crippen molar-refractivity contribution in [3.05, 3.63) is 35.4 Å². The van der Waals surface area contributed by atoms with Gasteiger partial charge in [0.15, 0.2) is 6.54 Å². The SMILES string of the molecule is N#Cc1cccc(C[NH+]2CCNC(=O)C2)c1. The summed E-state index contributed by atoms with van der Waals surface area (Å²) >= 11 is 0. The van der Waals surface area contributed by atoms with Gasteiger partial charge in [0.05, 0.1) is 24.7 Å². The van der Waals surface area contributed by atoms with Crippen molar-refractivity contribution in [2.24, 2.45) is 0 Å². The molecule has 1 aliphatic heterocycles. The van der Waals surface area contributed by atoms with Gasteiger partial charge in [-0.1, -0.05) is 12.1 Å². The number of rotatable bonds is 2. The van der Waals surface area contributed by atoms with E-state index in [4.69, 9.17) is 5.26 Å². The van der Waals surface area contributed by atoms with Crippen molar-refractivity contribution in [3.8, 4) is 6.07 Å². The van der Waals surface area contributed by atoms with Crippen LogP contribution in [0.3, 0.4) is 0 Å². The van der Waals surface area contributed by atoms with E-state index in [2.05, 4.69) is 11.4 Å². The highest BCUT2D eigenvalue weighted by molar-refractivity contribution is 5.77. The Morgan fingerprint density at radius 1 is 1.50 bits per heavy atom. The number of benzene rings is 1. The van der Waals surface area contributed by atoms with Crippen molar-refractivity contribution in [2.45, 2.75) is 6.54 Å². The summed E-state index contributed by atoms with van der Waals surface area (Å²) < 4.78 is 0. The molecule has 16 heavy (non-hydrogen) atoms. The maximum Gasteiger partial charge on any atom is 0.275 e. The standard InChI is InChI=1S/C12H13N3O/c13-7-10-2-1-3-11(6-10)8-15-5-4-14-12(16)9-15/h1-3,6H,4-5,8-9H2,(H,14,16)/p+1. The van der Waals surface area contributed by atoms with Crippen LogP contribution in [-0.2, 0) is 11.3 Å². The fraction of sp³-hybridized carbons (Fsp3) is 0.333. The molecule has 1 fully saturated rings. The Hall–Kier alpha value is -1.86. The summed E-state index contributed by atoms with van der Waals surface area (Å²) in [7, 11) is 0. The van der Waals surface area contributed by atoms with E-state index in [-0.39, 0.29) is 5.91 Å². The third-order valence-corrected chi connectivity index (χ3v) is 2.72. The summed E-state index contributed by atoms with van der Waals surface area (Å²) in [6.07, 6.45) is 0. The number of quaternary nitrogens is 1. The summed E-state index contributed by atoms with van der Waals surface area (Å²) in [5, 5.41) is 11.6. The molecule has 0 saturated carbocycles. The van der Waals surface area contributed by atoms with Crippen LogP contribution in [0.25, 0.3) is 0 Å². The maximum atomic E-state index is 11.2. The van der Waals surface area contributed by atoms with Gasteiger partial charge in [0.2, 0.25) is 0 Å². The molecule has 0 aliphatic carbocycles. The van der Waals surface area contributed by atoms with Gasteiger partial charge in [0.1, 0.15) is 6.54 Å². The average molecular weight is 216 g/mol. The van der Waals surface area contributed by atoms with Gasteiger partial charge in [0.25, 0.3) is 5.91 Å². The zero-order valence-corrected chi connectivity index (χ0v) is 8.99. The number of nitrogens with one attached hydrogen (secondary N) is 2. The van der Waals surface area contributed by atoms with Crippen LogP contribution in [0.15, 0.2) is 24.3 Å². The number of hydrogen-bond acceptors (Lipinski definition) is 2. The molecule has 1 aliphatic rings. The van der Waals surface area contributed by atoms with Gasteiger partial charge in [-0.05, 0) is 12.1 Å². The van der Waals surface area contributed by atoms with E-state index in [0.717, 1.165) is 25.2 Å². The molecule has 1 aromatic rings. The van der Waals surface area contributed by atoms with Crippen LogP contribution in [-0.4, -0.2) is 25.5 Å². The highest BCUT2D eigenvalue weighted by Gasteiger charge is 2.19. The van der Waals surface area contributed by atoms with Crippen molar-refractivity contribution in [1.82, 2.24) is 5.32 Å². The van der Waals surface area contributed by atoms with E-state index in [1.165, 1.54) is 4.90 Å². The fourth-order valence-corrected chi connectivity index (χ4v) is 1.95. The van der Waals surface area contributed by atoms with Crippen molar-refractivity contribution >= 4 is 5.91 Å². The topological polar surface area (TPSA) is 57.3 Å². The Bertz CT molecular complexity index is 436. The van der Waals surface area contributed by atoms with E-state index in [9.17, 15) is 4.79 Å². The first-order valence-corrected chi connectivity index (χ1v) is 5.37. The van der Waals surface area contributed by atoms with Crippen LogP contribution in [0.1, 0.15) is 11.1 Å². The third kappa shape index (κ3) is 2.59. The van der Waals surface area contributed by atoms with E-state index >= 15 is 0 Å². The number of carbonyl (C=O) groups excluding carboxylic acids is 1.